The summed E-state index contributed by atoms with van der Waals surface area (Å²) in [5.41, 5.74) is 26.5. The van der Waals surface area contributed by atoms with E-state index in [1.54, 1.807) is 31.4 Å². The van der Waals surface area contributed by atoms with Crippen molar-refractivity contribution in [3.05, 3.63) is 236 Å². The molecule has 0 bridgehead atoms. The topological polar surface area (TPSA) is 272 Å². The van der Waals surface area contributed by atoms with Gasteiger partial charge in [0.05, 0.1) is 58.2 Å². The Balaban J connectivity index is 0.000000173. The molecule has 0 radical (unpaired) electrons. The molecule has 4 heterocycles. The molecular formula is C86H108B2Br2N8O12S2. The molecule has 0 unspecified atom stereocenters. The second-order valence-corrected chi connectivity index (χ2v) is 37.5. The normalized spacial score (nSPS) is 18.3. The van der Waals surface area contributed by atoms with Gasteiger partial charge in [0.2, 0.25) is 5.91 Å². The van der Waals surface area contributed by atoms with Crippen molar-refractivity contribution in [2.24, 2.45) is 11.8 Å². The predicted octanol–water partition coefficient (Wildman–Crippen LogP) is 15.6. The van der Waals surface area contributed by atoms with Crippen LogP contribution in [0.4, 0.5) is 34.1 Å². The molecule has 4 saturated heterocycles. The van der Waals surface area contributed by atoms with Crippen LogP contribution in [0.25, 0.3) is 11.1 Å². The third-order valence-electron chi connectivity index (χ3n) is 21.1. The standard InChI is InChI=1S/C29H31N3O4S.C24H31BN2O5S.C13H16BrNO.C12H18BNO2.C7H8BrN.CH4/c1-20-2-11-26(31-29(34)24-7-8-24)18-27(20)22-9-12-25(13-10-22)30-28(33)23-5-3-21(4-6-23)19-32-14-16-37(35,36)17-15-32;1-23(2)24(3,4)32-25(31-23)20-9-11-21(12-10-20)26-22(28)19-7-5-18(6-8-19)17-27-13-15-33(29,30)16-14-27;1-9-3-6-11(7-12(9)14)15-13(8-16-2)10-4-5-10;1-11(2)12(3,4)16-13(15-11)9-5-7-10(14)8-6-9;1-5-2-3-6(9)4-7(5)8;/h2-6,9-13,18,24H,7-8,14-17,19H2,1H3,(H,30,33)(H,31,34);5-12H,13-17H2,1-4H3,(H,26,28);3,6-8,10,15H,4-5H2,1-2H3;5-8H,14H2,1-4H3;2-4H,9H2,1H3;1H4/b;;13-8+;;;. The van der Waals surface area contributed by atoms with E-state index >= 15 is 0 Å². The maximum Gasteiger partial charge on any atom is 0.494 e. The molecule has 14 rings (SSSR count). The van der Waals surface area contributed by atoms with Gasteiger partial charge in [0.15, 0.2) is 19.7 Å². The number of methoxy groups -OCH3 is 1. The van der Waals surface area contributed by atoms with Gasteiger partial charge in [-0.2, -0.15) is 0 Å². The zero-order chi connectivity index (χ0) is 80.2. The monoisotopic (exact) mass is 1690 g/mol. The second kappa shape index (κ2) is 37.9. The first-order valence-electron chi connectivity index (χ1n) is 37.5. The summed E-state index contributed by atoms with van der Waals surface area (Å²) in [5, 5.41) is 12.3. The van der Waals surface area contributed by atoms with Crippen LogP contribution in [0, 0.1) is 32.6 Å². The predicted molar refractivity (Wildman–Crippen MR) is 464 cm³/mol. The van der Waals surface area contributed by atoms with E-state index in [1.807, 2.05) is 209 Å². The molecule has 3 amide bonds. The van der Waals surface area contributed by atoms with Gasteiger partial charge in [-0.15, -0.1) is 0 Å². The maximum absolute atomic E-state index is 12.8. The molecule has 8 aromatic carbocycles. The third-order valence-corrected chi connectivity index (χ3v) is 26.0. The van der Waals surface area contributed by atoms with Crippen molar-refractivity contribution < 1.29 is 54.6 Å². The molecule has 2 aliphatic carbocycles. The summed E-state index contributed by atoms with van der Waals surface area (Å²) in [6, 6.07) is 55.6. The van der Waals surface area contributed by atoms with Crippen molar-refractivity contribution in [3.63, 3.8) is 0 Å². The van der Waals surface area contributed by atoms with Gasteiger partial charge < -0.3 is 56.1 Å². The van der Waals surface area contributed by atoms with E-state index in [0.717, 1.165) is 83.3 Å². The summed E-state index contributed by atoms with van der Waals surface area (Å²) >= 11 is 6.90. The quantitative estimate of drug-likeness (QED) is 0.0281. The number of allylic oxidation sites excluding steroid dienone is 1. The van der Waals surface area contributed by atoms with E-state index in [4.69, 9.17) is 34.8 Å². The first kappa shape index (κ1) is 87.8. The Labute approximate surface area is 680 Å². The number of nitrogens with zero attached hydrogens (tertiary/aromatic N) is 2. The SMILES string of the molecule is C.CC1(C)OB(c2ccc(N)cc2)OC1(C)C.CC1(C)OB(c2ccc(NC(=O)c3ccc(CN4CCS(=O)(=O)CC4)cc3)cc2)OC1(C)C.CO/C=C(/Nc1ccc(C)c(Br)c1)C1CC1.Cc1ccc(N)cc1Br.Cc1ccc(NC(=O)C2CC2)cc1-c1ccc(NC(=O)c2ccc(CN3CCS(=O)(=O)CC3)cc2)cc1. The number of nitrogens with two attached hydrogens (primary N) is 2. The van der Waals surface area contributed by atoms with Crippen molar-refractivity contribution in [1.82, 2.24) is 9.80 Å². The van der Waals surface area contributed by atoms with Crippen LogP contribution < -0.4 is 43.7 Å². The zero-order valence-corrected chi connectivity index (χ0v) is 70.4. The number of ether oxygens (including phenoxy) is 1. The first-order chi connectivity index (χ1) is 52.4. The van der Waals surface area contributed by atoms with Crippen LogP contribution in [0.15, 0.2) is 197 Å². The number of halogens is 2. The lowest BCUT2D eigenvalue weighted by Crippen LogP contribution is -2.41. The molecule has 20 nitrogen and oxygen atoms in total. The Morgan fingerprint density at radius 2 is 0.839 bits per heavy atom. The van der Waals surface area contributed by atoms with Crippen LogP contribution in [0.3, 0.4) is 0 Å². The van der Waals surface area contributed by atoms with E-state index in [9.17, 15) is 31.2 Å². The van der Waals surface area contributed by atoms with Gasteiger partial charge in [-0.05, 0) is 249 Å². The highest BCUT2D eigenvalue weighted by Gasteiger charge is 2.53. The number of anilines is 6. The van der Waals surface area contributed by atoms with E-state index < -0.39 is 38.0 Å². The van der Waals surface area contributed by atoms with E-state index in [0.29, 0.717) is 67.7 Å². The molecule has 6 aliphatic rings. The zero-order valence-electron chi connectivity index (χ0n) is 65.5. The minimum atomic E-state index is -2.89. The number of hydrogen-bond donors (Lipinski definition) is 6. The summed E-state index contributed by atoms with van der Waals surface area (Å²) in [4.78, 5) is 41.8. The highest BCUT2D eigenvalue weighted by atomic mass is 79.9. The summed E-state index contributed by atoms with van der Waals surface area (Å²) in [5.74, 6) is 1.34. The number of carbonyl (C=O) groups excluding carboxylic acids is 3. The lowest BCUT2D eigenvalue weighted by atomic mass is 9.79. The maximum atomic E-state index is 12.8. The Bertz CT molecular complexity index is 4780. The Morgan fingerprint density at radius 3 is 1.23 bits per heavy atom. The minimum Gasteiger partial charge on any atom is -0.503 e. The average molecular weight is 1690 g/mol. The van der Waals surface area contributed by atoms with Crippen molar-refractivity contribution in [2.75, 3.05) is 89.0 Å². The van der Waals surface area contributed by atoms with E-state index in [1.165, 1.54) is 29.7 Å². The Morgan fingerprint density at radius 1 is 0.473 bits per heavy atom. The van der Waals surface area contributed by atoms with Crippen LogP contribution in [-0.4, -0.2) is 137 Å². The highest BCUT2D eigenvalue weighted by Crippen LogP contribution is 2.40. The summed E-state index contributed by atoms with van der Waals surface area (Å²) in [6.07, 6.45) is 6.26. The van der Waals surface area contributed by atoms with Gasteiger partial charge in [-0.25, -0.2) is 16.8 Å². The van der Waals surface area contributed by atoms with Crippen LogP contribution in [0.2, 0.25) is 0 Å². The summed E-state index contributed by atoms with van der Waals surface area (Å²) in [7, 11) is -4.82. The number of aryl methyl sites for hydroxylation is 3. The fourth-order valence-corrected chi connectivity index (χ4v) is 15.5. The molecule has 0 aromatic heterocycles. The molecule has 6 fully saturated rings. The first-order valence-corrected chi connectivity index (χ1v) is 42.8. The van der Waals surface area contributed by atoms with Gasteiger partial charge in [-0.1, -0.05) is 118 Å². The fraction of sp³-hybridized carbons (Fsp3) is 0.384. The van der Waals surface area contributed by atoms with Gasteiger partial charge in [0.25, 0.3) is 11.8 Å². The largest absolute Gasteiger partial charge is 0.503 e. The molecule has 2 saturated carbocycles. The molecule has 4 aliphatic heterocycles. The Hall–Kier alpha value is -8.14. The third kappa shape index (κ3) is 24.9. The minimum absolute atomic E-state index is 0. The van der Waals surface area contributed by atoms with E-state index in [-0.39, 0.29) is 72.4 Å². The highest BCUT2D eigenvalue weighted by molar-refractivity contribution is 9.10. The lowest BCUT2D eigenvalue weighted by molar-refractivity contribution is -0.117. The van der Waals surface area contributed by atoms with Crippen molar-refractivity contribution in [3.8, 4) is 11.1 Å². The molecule has 26 heteroatoms. The van der Waals surface area contributed by atoms with Gasteiger partial charge in [0, 0.05) is 105 Å². The number of carbonyl (C=O) groups is 3. The fourth-order valence-electron chi connectivity index (χ4n) is 12.1. The van der Waals surface area contributed by atoms with Crippen molar-refractivity contribution in [2.45, 2.75) is 145 Å². The van der Waals surface area contributed by atoms with Crippen LogP contribution in [0.1, 0.15) is 137 Å². The summed E-state index contributed by atoms with van der Waals surface area (Å²) < 4.78 is 77.7. The van der Waals surface area contributed by atoms with E-state index in [2.05, 4.69) is 88.0 Å². The second-order valence-electron chi connectivity index (χ2n) is 31.2. The number of nitrogen functional groups attached to an aromatic ring is 2. The number of amides is 3. The number of sulfone groups is 2. The van der Waals surface area contributed by atoms with Crippen LogP contribution in [-0.2, 0) is 60.9 Å². The number of nitrogens with one attached hydrogen (secondary N) is 4. The molecule has 112 heavy (non-hydrogen) atoms. The molecule has 8 N–H and O–H groups in total. The van der Waals surface area contributed by atoms with Crippen molar-refractivity contribution in [1.29, 1.82) is 0 Å². The Kier molecular flexibility index (Phi) is 29.7. The molecular weight excluding hydrogens is 1580 g/mol. The molecule has 0 spiro atoms. The molecule has 596 valence electrons. The number of hydrogen-bond acceptors (Lipinski definition) is 17. The molecule has 8 aromatic rings. The van der Waals surface area contributed by atoms with Crippen LogP contribution >= 0.6 is 31.9 Å². The van der Waals surface area contributed by atoms with Gasteiger partial charge in [-0.3, -0.25) is 24.2 Å². The van der Waals surface area contributed by atoms with Gasteiger partial charge >= 0.3 is 14.2 Å². The average Bonchev–Trinajstić information content (AvgIpc) is 1.65. The van der Waals surface area contributed by atoms with Crippen molar-refractivity contribution >= 4 is 129 Å². The number of benzene rings is 8. The summed E-state index contributed by atoms with van der Waals surface area (Å²) in [6.45, 7) is 25.9. The smallest absolute Gasteiger partial charge is 0.494 e. The molecule has 0 atom stereocenters. The van der Waals surface area contributed by atoms with Gasteiger partial charge in [0.1, 0.15) is 6.26 Å². The number of rotatable bonds is 17. The lowest BCUT2D eigenvalue weighted by Gasteiger charge is -2.32. The van der Waals surface area contributed by atoms with Crippen LogP contribution in [0.5, 0.6) is 0 Å².